The van der Waals surface area contributed by atoms with Crippen molar-refractivity contribution in [3.63, 3.8) is 0 Å². The maximum Gasteiger partial charge on any atom is 0.416 e. The highest BCUT2D eigenvalue weighted by atomic mass is 32.1. The molecule has 0 saturated carbocycles. The largest absolute Gasteiger partial charge is 0.416 e. The van der Waals surface area contributed by atoms with Crippen molar-refractivity contribution in [1.29, 1.82) is 0 Å². The van der Waals surface area contributed by atoms with Crippen molar-refractivity contribution >= 4 is 27.5 Å². The molecule has 0 spiro atoms. The minimum absolute atomic E-state index is 0.0687. The first kappa shape index (κ1) is 17.2. The van der Waals surface area contributed by atoms with Crippen LogP contribution in [0.2, 0.25) is 0 Å². The van der Waals surface area contributed by atoms with Crippen LogP contribution in [0.15, 0.2) is 18.2 Å². The van der Waals surface area contributed by atoms with E-state index in [1.807, 2.05) is 11.8 Å². The predicted molar refractivity (Wildman–Crippen MR) is 87.0 cm³/mol. The number of carbonyl (C=O) groups is 1. The third-order valence-electron chi connectivity index (χ3n) is 4.13. The molecular weight excluding hydrogens is 339 g/mol. The Morgan fingerprint density at radius 3 is 2.96 bits per heavy atom. The standard InChI is InChI=1S/C16H18F3N3OS/c1-10-9-20-6-7-22(10)15(23)5-4-14-21-12-8-11(16(17,18)19)2-3-13(12)24-14/h2-3,8,10,20H,4-7,9H2,1H3/t10-/m1/s1. The molecule has 4 nitrogen and oxygen atoms in total. The zero-order valence-electron chi connectivity index (χ0n) is 13.2. The molecule has 1 amide bonds. The molecule has 1 aliphatic heterocycles. The number of carbonyl (C=O) groups excluding carboxylic acids is 1. The molecule has 1 N–H and O–H groups in total. The van der Waals surface area contributed by atoms with Crippen LogP contribution in [0.4, 0.5) is 13.2 Å². The van der Waals surface area contributed by atoms with Gasteiger partial charge in [0.2, 0.25) is 5.91 Å². The lowest BCUT2D eigenvalue weighted by atomic mass is 10.2. The van der Waals surface area contributed by atoms with Gasteiger partial charge in [0.15, 0.2) is 0 Å². The number of piperazine rings is 1. The summed E-state index contributed by atoms with van der Waals surface area (Å²) in [6, 6.07) is 3.74. The molecule has 0 aliphatic carbocycles. The molecule has 8 heteroatoms. The summed E-state index contributed by atoms with van der Waals surface area (Å²) in [5.74, 6) is 0.0687. The minimum atomic E-state index is -4.37. The normalized spacial score (nSPS) is 19.0. The van der Waals surface area contributed by atoms with Crippen molar-refractivity contribution in [2.45, 2.75) is 32.0 Å². The molecule has 1 saturated heterocycles. The topological polar surface area (TPSA) is 45.2 Å². The van der Waals surface area contributed by atoms with Crippen LogP contribution in [0.5, 0.6) is 0 Å². The van der Waals surface area contributed by atoms with E-state index in [1.54, 1.807) is 0 Å². The first-order chi connectivity index (χ1) is 11.3. The predicted octanol–water partition coefficient (Wildman–Crippen LogP) is 3.07. The lowest BCUT2D eigenvalue weighted by Crippen LogP contribution is -2.52. The van der Waals surface area contributed by atoms with Crippen LogP contribution < -0.4 is 5.32 Å². The monoisotopic (exact) mass is 357 g/mol. The molecule has 2 aromatic rings. The minimum Gasteiger partial charge on any atom is -0.337 e. The van der Waals surface area contributed by atoms with Gasteiger partial charge in [-0.25, -0.2) is 4.98 Å². The molecule has 2 heterocycles. The highest BCUT2D eigenvalue weighted by Gasteiger charge is 2.30. The number of thiazole rings is 1. The highest BCUT2D eigenvalue weighted by Crippen LogP contribution is 2.33. The number of aryl methyl sites for hydroxylation is 1. The fraction of sp³-hybridized carbons (Fsp3) is 0.500. The summed E-state index contributed by atoms with van der Waals surface area (Å²) in [5, 5.41) is 3.93. The highest BCUT2D eigenvalue weighted by molar-refractivity contribution is 7.18. The maximum atomic E-state index is 12.7. The second-order valence-corrected chi connectivity index (χ2v) is 7.04. The first-order valence-corrected chi connectivity index (χ1v) is 8.63. The lowest BCUT2D eigenvalue weighted by Gasteiger charge is -2.34. The van der Waals surface area contributed by atoms with E-state index >= 15 is 0 Å². The summed E-state index contributed by atoms with van der Waals surface area (Å²) >= 11 is 1.34. The first-order valence-electron chi connectivity index (χ1n) is 7.81. The van der Waals surface area contributed by atoms with E-state index in [9.17, 15) is 18.0 Å². The number of halogens is 3. The Morgan fingerprint density at radius 2 is 2.25 bits per heavy atom. The van der Waals surface area contributed by atoms with E-state index in [0.29, 0.717) is 34.6 Å². The van der Waals surface area contributed by atoms with Crippen LogP contribution in [0.3, 0.4) is 0 Å². The van der Waals surface area contributed by atoms with Crippen LogP contribution in [-0.2, 0) is 17.4 Å². The number of rotatable bonds is 3. The van der Waals surface area contributed by atoms with Crippen molar-refractivity contribution in [2.24, 2.45) is 0 Å². The number of hydrogen-bond donors (Lipinski definition) is 1. The molecule has 130 valence electrons. The molecule has 3 rings (SSSR count). The molecule has 0 bridgehead atoms. The molecule has 24 heavy (non-hydrogen) atoms. The molecule has 1 aliphatic rings. The molecular formula is C16H18F3N3OS. The van der Waals surface area contributed by atoms with Gasteiger partial charge in [-0.05, 0) is 25.1 Å². The van der Waals surface area contributed by atoms with Gasteiger partial charge in [0.05, 0.1) is 20.8 Å². The van der Waals surface area contributed by atoms with Gasteiger partial charge in [-0.1, -0.05) is 0 Å². The Hall–Kier alpha value is -1.67. The van der Waals surface area contributed by atoms with Crippen LogP contribution in [0.25, 0.3) is 10.2 Å². The van der Waals surface area contributed by atoms with E-state index in [-0.39, 0.29) is 11.9 Å². The van der Waals surface area contributed by atoms with Crippen LogP contribution in [0.1, 0.15) is 23.9 Å². The smallest absolute Gasteiger partial charge is 0.337 e. The van der Waals surface area contributed by atoms with Crippen molar-refractivity contribution in [1.82, 2.24) is 15.2 Å². The van der Waals surface area contributed by atoms with Crippen LogP contribution in [-0.4, -0.2) is 41.5 Å². The van der Waals surface area contributed by atoms with E-state index < -0.39 is 11.7 Å². The number of fused-ring (bicyclic) bond motifs is 1. The average molecular weight is 357 g/mol. The molecule has 1 atom stereocenters. The number of amides is 1. The number of aromatic nitrogens is 1. The fourth-order valence-corrected chi connectivity index (χ4v) is 3.77. The summed E-state index contributed by atoms with van der Waals surface area (Å²) in [4.78, 5) is 18.4. The lowest BCUT2D eigenvalue weighted by molar-refractivity contribution is -0.137. The third kappa shape index (κ3) is 3.70. The Kier molecular flexibility index (Phi) is 4.78. The molecule has 0 radical (unpaired) electrons. The second kappa shape index (κ2) is 6.68. The number of nitrogens with zero attached hydrogens (tertiary/aromatic N) is 2. The zero-order valence-corrected chi connectivity index (χ0v) is 14.0. The van der Waals surface area contributed by atoms with Crippen molar-refractivity contribution in [3.05, 3.63) is 28.8 Å². The summed E-state index contributed by atoms with van der Waals surface area (Å²) < 4.78 is 38.9. The van der Waals surface area contributed by atoms with Gasteiger partial charge in [-0.3, -0.25) is 4.79 Å². The molecule has 1 aromatic carbocycles. The van der Waals surface area contributed by atoms with Crippen LogP contribution >= 0.6 is 11.3 Å². The van der Waals surface area contributed by atoms with Crippen LogP contribution in [0, 0.1) is 0 Å². The quantitative estimate of drug-likeness (QED) is 0.918. The number of benzene rings is 1. The average Bonchev–Trinajstić information content (AvgIpc) is 2.94. The summed E-state index contributed by atoms with van der Waals surface area (Å²) in [6.45, 7) is 4.26. The Morgan fingerprint density at radius 1 is 1.46 bits per heavy atom. The fourth-order valence-electron chi connectivity index (χ4n) is 2.83. The molecule has 1 fully saturated rings. The Labute approximate surface area is 141 Å². The van der Waals surface area contributed by atoms with Gasteiger partial charge in [-0.15, -0.1) is 11.3 Å². The van der Waals surface area contributed by atoms with Crippen molar-refractivity contribution < 1.29 is 18.0 Å². The van der Waals surface area contributed by atoms with E-state index in [2.05, 4.69) is 10.3 Å². The summed E-state index contributed by atoms with van der Waals surface area (Å²) in [7, 11) is 0. The number of nitrogens with one attached hydrogen (secondary N) is 1. The van der Waals surface area contributed by atoms with E-state index in [4.69, 9.17) is 0 Å². The summed E-state index contributed by atoms with van der Waals surface area (Å²) in [6.07, 6.45) is -3.58. The number of alkyl halides is 3. The third-order valence-corrected chi connectivity index (χ3v) is 5.23. The Balaban J connectivity index is 1.68. The number of hydrogen-bond acceptors (Lipinski definition) is 4. The second-order valence-electron chi connectivity index (χ2n) is 5.93. The van der Waals surface area contributed by atoms with Gasteiger partial charge in [-0.2, -0.15) is 13.2 Å². The van der Waals surface area contributed by atoms with Gasteiger partial charge in [0, 0.05) is 38.5 Å². The van der Waals surface area contributed by atoms with E-state index in [0.717, 1.165) is 25.2 Å². The van der Waals surface area contributed by atoms with E-state index in [1.165, 1.54) is 17.4 Å². The van der Waals surface area contributed by atoms with Crippen molar-refractivity contribution in [2.75, 3.05) is 19.6 Å². The maximum absolute atomic E-state index is 12.7. The molecule has 1 aromatic heterocycles. The van der Waals surface area contributed by atoms with Crippen molar-refractivity contribution in [3.8, 4) is 0 Å². The SMILES string of the molecule is C[C@@H]1CNCCN1C(=O)CCc1nc2cc(C(F)(F)F)ccc2s1. The van der Waals surface area contributed by atoms with Gasteiger partial charge in [0.25, 0.3) is 0 Å². The Bertz CT molecular complexity index is 744. The molecule has 0 unspecified atom stereocenters. The van der Waals surface area contributed by atoms with Gasteiger partial charge < -0.3 is 10.2 Å². The van der Waals surface area contributed by atoms with Gasteiger partial charge in [0.1, 0.15) is 0 Å². The van der Waals surface area contributed by atoms with Gasteiger partial charge >= 0.3 is 6.18 Å². The zero-order chi connectivity index (χ0) is 17.3. The summed E-state index contributed by atoms with van der Waals surface area (Å²) in [5.41, 5.74) is -0.356.